The van der Waals surface area contributed by atoms with E-state index >= 15 is 0 Å². The van der Waals surface area contributed by atoms with Gasteiger partial charge in [0, 0.05) is 18.8 Å². The predicted octanol–water partition coefficient (Wildman–Crippen LogP) is 3.52. The highest BCUT2D eigenvalue weighted by Crippen LogP contribution is 2.21. The van der Waals surface area contributed by atoms with Crippen LogP contribution in [0.25, 0.3) is 0 Å². The Bertz CT molecular complexity index is 820. The highest BCUT2D eigenvalue weighted by atomic mass is 16.5. The van der Waals surface area contributed by atoms with Crippen molar-refractivity contribution in [2.45, 2.75) is 19.1 Å². The number of pyridine rings is 1. The van der Waals surface area contributed by atoms with E-state index in [1.165, 1.54) is 0 Å². The van der Waals surface area contributed by atoms with Crippen molar-refractivity contribution in [2.24, 2.45) is 0 Å². The van der Waals surface area contributed by atoms with Crippen molar-refractivity contribution in [3.05, 3.63) is 90.3 Å². The summed E-state index contributed by atoms with van der Waals surface area (Å²) in [4.78, 5) is 15.9. The van der Waals surface area contributed by atoms with Crippen molar-refractivity contribution in [1.82, 2.24) is 4.98 Å². The zero-order chi connectivity index (χ0) is 18.2. The Morgan fingerprint density at radius 2 is 1.65 bits per heavy atom. The predicted molar refractivity (Wildman–Crippen MR) is 96.7 cm³/mol. The third-order valence-corrected chi connectivity index (χ3v) is 3.71. The first-order valence-electron chi connectivity index (χ1n) is 8.26. The summed E-state index contributed by atoms with van der Waals surface area (Å²) >= 11 is 0. The lowest BCUT2D eigenvalue weighted by atomic mass is 10.1. The minimum atomic E-state index is -1.21. The van der Waals surface area contributed by atoms with Crippen molar-refractivity contribution in [3.8, 4) is 11.5 Å². The number of esters is 1. The van der Waals surface area contributed by atoms with Gasteiger partial charge in [-0.1, -0.05) is 36.4 Å². The van der Waals surface area contributed by atoms with Crippen LogP contribution in [-0.4, -0.2) is 22.2 Å². The number of aliphatic hydroxyl groups excluding tert-OH is 1. The van der Waals surface area contributed by atoms with Gasteiger partial charge in [-0.2, -0.15) is 0 Å². The SMILES string of the molecule is O=C(OCc1ccc(Oc2ccccc2)cc1)C(O)Cc1cccnc1. The van der Waals surface area contributed by atoms with Crippen LogP contribution in [0.15, 0.2) is 79.1 Å². The summed E-state index contributed by atoms with van der Waals surface area (Å²) < 4.78 is 10.9. The number of hydrogen-bond acceptors (Lipinski definition) is 5. The molecule has 0 spiro atoms. The van der Waals surface area contributed by atoms with Crippen molar-refractivity contribution < 1.29 is 19.4 Å². The van der Waals surface area contributed by atoms with Crippen LogP contribution in [0.2, 0.25) is 0 Å². The second-order valence-corrected chi connectivity index (χ2v) is 5.75. The van der Waals surface area contributed by atoms with Crippen LogP contribution in [0.1, 0.15) is 11.1 Å². The van der Waals surface area contributed by atoms with Crippen LogP contribution in [0.4, 0.5) is 0 Å². The number of nitrogens with zero attached hydrogens (tertiary/aromatic N) is 1. The van der Waals surface area contributed by atoms with Gasteiger partial charge < -0.3 is 14.6 Å². The summed E-state index contributed by atoms with van der Waals surface area (Å²) in [6.07, 6.45) is 2.22. The van der Waals surface area contributed by atoms with Crippen LogP contribution in [0.3, 0.4) is 0 Å². The number of benzene rings is 2. The van der Waals surface area contributed by atoms with Crippen molar-refractivity contribution in [1.29, 1.82) is 0 Å². The molecule has 1 N–H and O–H groups in total. The average Bonchev–Trinajstić information content (AvgIpc) is 2.69. The molecule has 0 saturated carbocycles. The smallest absolute Gasteiger partial charge is 0.335 e. The molecule has 0 radical (unpaired) electrons. The fourth-order valence-electron chi connectivity index (χ4n) is 2.35. The number of carbonyl (C=O) groups is 1. The minimum Gasteiger partial charge on any atom is -0.459 e. The van der Waals surface area contributed by atoms with E-state index in [0.29, 0.717) is 5.75 Å². The second-order valence-electron chi connectivity index (χ2n) is 5.75. The molecule has 132 valence electrons. The quantitative estimate of drug-likeness (QED) is 0.661. The van der Waals surface area contributed by atoms with Crippen molar-refractivity contribution in [2.75, 3.05) is 0 Å². The summed E-state index contributed by atoms with van der Waals surface area (Å²) in [6.45, 7) is 0.0918. The van der Waals surface area contributed by atoms with Crippen LogP contribution in [0.5, 0.6) is 11.5 Å². The number of ether oxygens (including phenoxy) is 2. The summed E-state index contributed by atoms with van der Waals surface area (Å²) in [6, 6.07) is 20.3. The molecule has 1 aromatic heterocycles. The summed E-state index contributed by atoms with van der Waals surface area (Å²) in [5, 5.41) is 9.94. The summed E-state index contributed by atoms with van der Waals surface area (Å²) in [5.41, 5.74) is 1.59. The van der Waals surface area contributed by atoms with Gasteiger partial charge in [0.05, 0.1) is 0 Å². The maximum atomic E-state index is 11.9. The number of carbonyl (C=O) groups excluding carboxylic acids is 1. The Balaban J connectivity index is 1.49. The van der Waals surface area contributed by atoms with Crippen LogP contribution in [-0.2, 0) is 22.6 Å². The molecule has 26 heavy (non-hydrogen) atoms. The first-order valence-corrected chi connectivity index (χ1v) is 8.26. The first kappa shape index (κ1) is 17.6. The summed E-state index contributed by atoms with van der Waals surface area (Å²) in [7, 11) is 0. The van der Waals surface area contributed by atoms with Gasteiger partial charge in [-0.3, -0.25) is 4.98 Å². The Hall–Kier alpha value is -3.18. The van der Waals surface area contributed by atoms with E-state index in [4.69, 9.17) is 9.47 Å². The first-order chi connectivity index (χ1) is 12.7. The maximum Gasteiger partial charge on any atom is 0.335 e. The molecule has 1 heterocycles. The largest absolute Gasteiger partial charge is 0.459 e. The van der Waals surface area contributed by atoms with Gasteiger partial charge in [-0.05, 0) is 41.5 Å². The molecule has 0 aliphatic heterocycles. The molecule has 0 fully saturated rings. The van der Waals surface area contributed by atoms with Gasteiger partial charge in [0.25, 0.3) is 0 Å². The van der Waals surface area contributed by atoms with E-state index in [2.05, 4.69) is 4.98 Å². The molecule has 0 amide bonds. The zero-order valence-electron chi connectivity index (χ0n) is 14.1. The third-order valence-electron chi connectivity index (χ3n) is 3.71. The molecule has 5 heteroatoms. The van der Waals surface area contributed by atoms with E-state index in [-0.39, 0.29) is 13.0 Å². The number of aliphatic hydroxyl groups is 1. The summed E-state index contributed by atoms with van der Waals surface area (Å²) in [5.74, 6) is 0.798. The number of aromatic nitrogens is 1. The van der Waals surface area contributed by atoms with Gasteiger partial charge >= 0.3 is 5.97 Å². The fraction of sp³-hybridized carbons (Fsp3) is 0.143. The van der Waals surface area contributed by atoms with Gasteiger partial charge in [0.15, 0.2) is 6.10 Å². The number of rotatable bonds is 7. The highest BCUT2D eigenvalue weighted by molar-refractivity contribution is 5.74. The molecule has 0 aliphatic carbocycles. The lowest BCUT2D eigenvalue weighted by molar-refractivity contribution is -0.154. The van der Waals surface area contributed by atoms with Crippen molar-refractivity contribution >= 4 is 5.97 Å². The molecule has 0 bridgehead atoms. The molecule has 2 aromatic carbocycles. The van der Waals surface area contributed by atoms with Gasteiger partial charge in [0.1, 0.15) is 18.1 Å². The fourth-order valence-corrected chi connectivity index (χ4v) is 2.35. The standard InChI is InChI=1S/C21H19NO4/c23-20(13-17-5-4-12-22-14-17)21(24)25-15-16-8-10-19(11-9-16)26-18-6-2-1-3-7-18/h1-12,14,20,23H,13,15H2. The minimum absolute atomic E-state index is 0.0918. The molecule has 1 atom stereocenters. The normalized spacial score (nSPS) is 11.6. The number of para-hydroxylation sites is 1. The topological polar surface area (TPSA) is 68.7 Å². The van der Waals surface area contributed by atoms with Gasteiger partial charge in [-0.15, -0.1) is 0 Å². The van der Waals surface area contributed by atoms with E-state index in [1.807, 2.05) is 54.6 Å². The molecule has 0 aliphatic rings. The highest BCUT2D eigenvalue weighted by Gasteiger charge is 2.17. The van der Waals surface area contributed by atoms with E-state index in [1.54, 1.807) is 24.5 Å². The van der Waals surface area contributed by atoms with Crippen LogP contribution >= 0.6 is 0 Å². The van der Waals surface area contributed by atoms with Crippen molar-refractivity contribution in [3.63, 3.8) is 0 Å². The third kappa shape index (κ3) is 5.16. The molecular formula is C21H19NO4. The monoisotopic (exact) mass is 349 g/mol. The maximum absolute atomic E-state index is 11.9. The molecule has 5 nitrogen and oxygen atoms in total. The van der Waals surface area contributed by atoms with E-state index < -0.39 is 12.1 Å². The second kappa shape index (κ2) is 8.78. The molecular weight excluding hydrogens is 330 g/mol. The number of hydrogen-bond donors (Lipinski definition) is 1. The van der Waals surface area contributed by atoms with Gasteiger partial charge in [0.2, 0.25) is 0 Å². The average molecular weight is 349 g/mol. The Morgan fingerprint density at radius 1 is 0.923 bits per heavy atom. The lowest BCUT2D eigenvalue weighted by Crippen LogP contribution is -2.25. The lowest BCUT2D eigenvalue weighted by Gasteiger charge is -2.11. The zero-order valence-corrected chi connectivity index (χ0v) is 14.1. The van der Waals surface area contributed by atoms with E-state index in [9.17, 15) is 9.90 Å². The Kier molecular flexibility index (Phi) is 5.96. The van der Waals surface area contributed by atoms with Crippen LogP contribution in [0, 0.1) is 0 Å². The van der Waals surface area contributed by atoms with Gasteiger partial charge in [-0.25, -0.2) is 4.79 Å². The van der Waals surface area contributed by atoms with E-state index in [0.717, 1.165) is 16.9 Å². The Morgan fingerprint density at radius 3 is 2.35 bits per heavy atom. The molecule has 3 rings (SSSR count). The molecule has 0 saturated heterocycles. The Labute approximate surface area is 151 Å². The molecule has 3 aromatic rings. The molecule has 1 unspecified atom stereocenters. The van der Waals surface area contributed by atoms with Crippen LogP contribution < -0.4 is 4.74 Å².